The van der Waals surface area contributed by atoms with Gasteiger partial charge >= 0.3 is 6.18 Å². The van der Waals surface area contributed by atoms with Crippen molar-refractivity contribution in [3.63, 3.8) is 0 Å². The van der Waals surface area contributed by atoms with Gasteiger partial charge in [0.25, 0.3) is 5.91 Å². The van der Waals surface area contributed by atoms with Crippen LogP contribution in [0.5, 0.6) is 11.5 Å². The van der Waals surface area contributed by atoms with Gasteiger partial charge in [-0.05, 0) is 49.9 Å². The maximum atomic E-state index is 12.6. The topological polar surface area (TPSA) is 91.4 Å². The van der Waals surface area contributed by atoms with Crippen molar-refractivity contribution in [1.82, 2.24) is 10.3 Å². The first-order chi connectivity index (χ1) is 13.2. The Bertz CT molecular complexity index is 885. The van der Waals surface area contributed by atoms with Gasteiger partial charge in [-0.2, -0.15) is 13.2 Å². The first-order valence-electron chi connectivity index (χ1n) is 8.79. The maximum absolute atomic E-state index is 12.6. The van der Waals surface area contributed by atoms with Crippen LogP contribution < -0.4 is 15.5 Å². The number of alkyl halides is 3. The Morgan fingerprint density at radius 2 is 1.75 bits per heavy atom. The number of halogens is 3. The van der Waals surface area contributed by atoms with E-state index < -0.39 is 28.8 Å². The zero-order valence-electron chi connectivity index (χ0n) is 14.8. The molecule has 0 atom stereocenters. The molecule has 1 aromatic carbocycles. The van der Waals surface area contributed by atoms with E-state index in [9.17, 15) is 27.9 Å². The first kappa shape index (κ1) is 19.8. The zero-order chi connectivity index (χ0) is 20.3. The van der Waals surface area contributed by atoms with Crippen LogP contribution in [0.3, 0.4) is 0 Å². The number of aromatic nitrogens is 1. The summed E-state index contributed by atoms with van der Waals surface area (Å²) < 4.78 is 43.5. The number of rotatable bonds is 4. The molecular weight excluding hydrogens is 377 g/mol. The number of aromatic amines is 1. The molecule has 0 spiro atoms. The lowest BCUT2D eigenvalue weighted by Gasteiger charge is -2.29. The minimum absolute atomic E-state index is 0.150. The summed E-state index contributed by atoms with van der Waals surface area (Å²) >= 11 is 0. The van der Waals surface area contributed by atoms with E-state index in [4.69, 9.17) is 4.74 Å². The van der Waals surface area contributed by atoms with Gasteiger partial charge in [-0.3, -0.25) is 9.59 Å². The second-order valence-corrected chi connectivity index (χ2v) is 6.65. The number of benzene rings is 1. The predicted molar refractivity (Wildman–Crippen MR) is 94.3 cm³/mol. The number of pyridine rings is 1. The van der Waals surface area contributed by atoms with Crippen molar-refractivity contribution in [3.05, 3.63) is 58.0 Å². The molecule has 3 rings (SSSR count). The number of nitrogens with one attached hydrogen (secondary N) is 2. The fraction of sp³-hybridized carbons (Fsp3) is 0.368. The Balaban J connectivity index is 1.51. The lowest BCUT2D eigenvalue weighted by Crippen LogP contribution is -2.40. The van der Waals surface area contributed by atoms with Gasteiger partial charge in [-0.1, -0.05) is 0 Å². The fourth-order valence-electron chi connectivity index (χ4n) is 3.14. The lowest BCUT2D eigenvalue weighted by atomic mass is 9.92. The summed E-state index contributed by atoms with van der Waals surface area (Å²) in [5.74, 6) is -0.825. The maximum Gasteiger partial charge on any atom is 0.416 e. The van der Waals surface area contributed by atoms with E-state index in [0.717, 1.165) is 18.2 Å². The molecule has 1 heterocycles. The molecule has 9 heteroatoms. The predicted octanol–water partition coefficient (Wildman–Crippen LogP) is 3.22. The number of aromatic hydroxyl groups is 1. The van der Waals surface area contributed by atoms with Crippen LogP contribution in [0.25, 0.3) is 0 Å². The van der Waals surface area contributed by atoms with Gasteiger partial charge < -0.3 is 20.1 Å². The highest BCUT2D eigenvalue weighted by molar-refractivity contribution is 5.94. The molecule has 6 nitrogen and oxygen atoms in total. The van der Waals surface area contributed by atoms with Gasteiger partial charge in [0, 0.05) is 18.3 Å². The number of carbonyl (C=O) groups excluding carboxylic acids is 1. The summed E-state index contributed by atoms with van der Waals surface area (Å²) in [5.41, 5.74) is -1.55. The van der Waals surface area contributed by atoms with Crippen LogP contribution >= 0.6 is 0 Å². The van der Waals surface area contributed by atoms with Gasteiger partial charge in [0.05, 0.1) is 11.7 Å². The average molecular weight is 396 g/mol. The molecular formula is C19H19F3N2O4. The summed E-state index contributed by atoms with van der Waals surface area (Å²) in [6.07, 6.45) is -0.816. The lowest BCUT2D eigenvalue weighted by molar-refractivity contribution is -0.137. The van der Waals surface area contributed by atoms with Crippen molar-refractivity contribution in [2.75, 3.05) is 0 Å². The number of ether oxygens (including phenoxy) is 1. The number of H-pyrrole nitrogens is 1. The molecule has 1 aliphatic rings. The van der Waals surface area contributed by atoms with E-state index >= 15 is 0 Å². The van der Waals surface area contributed by atoms with Gasteiger partial charge in [-0.15, -0.1) is 0 Å². The third-order valence-electron chi connectivity index (χ3n) is 4.65. The van der Waals surface area contributed by atoms with Crippen LogP contribution in [0, 0.1) is 0 Å². The summed E-state index contributed by atoms with van der Waals surface area (Å²) in [6, 6.07) is 5.53. The van der Waals surface area contributed by atoms with Crippen LogP contribution in [0.1, 0.15) is 41.7 Å². The van der Waals surface area contributed by atoms with Gasteiger partial charge in [0.15, 0.2) is 11.4 Å². The van der Waals surface area contributed by atoms with Crippen LogP contribution in [-0.2, 0) is 6.18 Å². The average Bonchev–Trinajstić information content (AvgIpc) is 2.65. The zero-order valence-corrected chi connectivity index (χ0v) is 14.8. The SMILES string of the molecule is O=C(NC1CCC(Oc2ccc(C(F)(F)F)cc2)CC1)c1[nH]ccc(=O)c1O. The molecule has 1 amide bonds. The third kappa shape index (κ3) is 4.65. The molecule has 28 heavy (non-hydrogen) atoms. The van der Waals surface area contributed by atoms with Gasteiger partial charge in [0.2, 0.25) is 5.43 Å². The number of hydrogen-bond acceptors (Lipinski definition) is 4. The third-order valence-corrected chi connectivity index (χ3v) is 4.65. The van der Waals surface area contributed by atoms with E-state index in [0.29, 0.717) is 31.4 Å². The molecule has 0 bridgehead atoms. The number of hydrogen-bond donors (Lipinski definition) is 3. The highest BCUT2D eigenvalue weighted by atomic mass is 19.4. The molecule has 3 N–H and O–H groups in total. The van der Waals surface area contributed by atoms with Crippen LogP contribution in [-0.4, -0.2) is 28.1 Å². The second-order valence-electron chi connectivity index (χ2n) is 6.65. The quantitative estimate of drug-likeness (QED) is 0.740. The monoisotopic (exact) mass is 396 g/mol. The first-order valence-corrected chi connectivity index (χ1v) is 8.79. The van der Waals surface area contributed by atoms with Crippen LogP contribution in [0.2, 0.25) is 0 Å². The van der Waals surface area contributed by atoms with E-state index in [2.05, 4.69) is 10.3 Å². The van der Waals surface area contributed by atoms with Crippen LogP contribution in [0.15, 0.2) is 41.3 Å². The van der Waals surface area contributed by atoms with Gasteiger partial charge in [-0.25, -0.2) is 0 Å². The highest BCUT2D eigenvalue weighted by Crippen LogP contribution is 2.31. The summed E-state index contributed by atoms with van der Waals surface area (Å²) in [4.78, 5) is 26.2. The molecule has 0 saturated heterocycles. The Morgan fingerprint density at radius 3 is 2.36 bits per heavy atom. The van der Waals surface area contributed by atoms with Crippen molar-refractivity contribution in [2.45, 2.75) is 44.0 Å². The molecule has 150 valence electrons. The van der Waals surface area contributed by atoms with Crippen molar-refractivity contribution < 1.29 is 27.8 Å². The Kier molecular flexibility index (Phi) is 5.62. The second kappa shape index (κ2) is 7.95. The summed E-state index contributed by atoms with van der Waals surface area (Å²) in [5, 5.41) is 12.4. The van der Waals surface area contributed by atoms with E-state index in [1.165, 1.54) is 18.3 Å². The summed E-state index contributed by atoms with van der Waals surface area (Å²) in [7, 11) is 0. The molecule has 2 aromatic rings. The van der Waals surface area contributed by atoms with Crippen molar-refractivity contribution in [1.29, 1.82) is 0 Å². The van der Waals surface area contributed by atoms with Gasteiger partial charge in [0.1, 0.15) is 5.75 Å². The van der Waals surface area contributed by atoms with Crippen molar-refractivity contribution >= 4 is 5.91 Å². The fourth-order valence-corrected chi connectivity index (χ4v) is 3.14. The minimum Gasteiger partial charge on any atom is -0.503 e. The normalized spacial score (nSPS) is 19.8. The summed E-state index contributed by atoms with van der Waals surface area (Å²) in [6.45, 7) is 0. The smallest absolute Gasteiger partial charge is 0.416 e. The van der Waals surface area contributed by atoms with Crippen molar-refractivity contribution in [2.24, 2.45) is 0 Å². The molecule has 1 fully saturated rings. The number of carbonyl (C=O) groups is 1. The number of amides is 1. The van der Waals surface area contributed by atoms with E-state index in [-0.39, 0.29) is 17.8 Å². The molecule has 1 aromatic heterocycles. The van der Waals surface area contributed by atoms with Crippen LogP contribution in [0.4, 0.5) is 13.2 Å². The molecule has 0 aliphatic heterocycles. The highest BCUT2D eigenvalue weighted by Gasteiger charge is 2.30. The molecule has 0 radical (unpaired) electrons. The Labute approximate surface area is 158 Å². The van der Waals surface area contributed by atoms with Crippen molar-refractivity contribution in [3.8, 4) is 11.5 Å². The minimum atomic E-state index is -4.38. The largest absolute Gasteiger partial charge is 0.503 e. The Morgan fingerprint density at radius 1 is 1.11 bits per heavy atom. The Hall–Kier alpha value is -2.97. The standard InChI is InChI=1S/C19H19F3N2O4/c20-19(21,22)11-1-5-13(6-2-11)28-14-7-3-12(4-8-14)24-18(27)16-17(26)15(25)9-10-23-16/h1-2,5-6,9-10,12,14,26H,3-4,7-8H2,(H,23,25)(H,24,27). The van der Waals surface area contributed by atoms with E-state index in [1.54, 1.807) is 0 Å². The molecule has 0 unspecified atom stereocenters. The van der Waals surface area contributed by atoms with E-state index in [1.807, 2.05) is 0 Å². The molecule has 1 aliphatic carbocycles. The molecule has 1 saturated carbocycles.